The smallest absolute Gasteiger partial charge is 0.213 e. The third-order valence-electron chi connectivity index (χ3n) is 2.59. The molecule has 0 aliphatic heterocycles. The number of rotatable bonds is 2. The first kappa shape index (κ1) is 11.0. The monoisotopic (exact) mass is 257 g/mol. The van der Waals surface area contributed by atoms with Gasteiger partial charge in [-0.1, -0.05) is 0 Å². The van der Waals surface area contributed by atoms with Crippen molar-refractivity contribution in [2.24, 2.45) is 0 Å². The van der Waals surface area contributed by atoms with Crippen LogP contribution in [-0.2, 0) is 0 Å². The molecule has 0 fully saturated rings. The molecule has 18 heavy (non-hydrogen) atoms. The van der Waals surface area contributed by atoms with Crippen molar-refractivity contribution in [1.82, 2.24) is 20.2 Å². The predicted octanol–water partition coefficient (Wildman–Crippen LogP) is 2.39. The second-order valence-electron chi connectivity index (χ2n) is 3.88. The third kappa shape index (κ3) is 1.91. The molecule has 0 amide bonds. The van der Waals surface area contributed by atoms with E-state index in [0.717, 1.165) is 27.2 Å². The molecule has 3 aromatic rings. The zero-order valence-electron chi connectivity index (χ0n) is 9.71. The van der Waals surface area contributed by atoms with Crippen LogP contribution in [-0.4, -0.2) is 20.2 Å². The van der Waals surface area contributed by atoms with Crippen LogP contribution in [0.25, 0.3) is 10.8 Å². The van der Waals surface area contributed by atoms with E-state index in [1.54, 1.807) is 6.20 Å². The number of nitrogens with two attached hydrogens (primary N) is 1. The molecular formula is C12H11N5S. The number of nitrogen functional groups attached to an aromatic ring is 1. The highest BCUT2D eigenvalue weighted by molar-refractivity contribution is 7.99. The van der Waals surface area contributed by atoms with E-state index in [9.17, 15) is 0 Å². The highest BCUT2D eigenvalue weighted by Crippen LogP contribution is 2.33. The van der Waals surface area contributed by atoms with Crippen LogP contribution in [0.15, 0.2) is 40.6 Å². The molecular weight excluding hydrogens is 246 g/mol. The van der Waals surface area contributed by atoms with E-state index in [1.807, 2.05) is 31.3 Å². The Kier molecular flexibility index (Phi) is 2.64. The molecule has 0 saturated heterocycles. The van der Waals surface area contributed by atoms with Crippen LogP contribution in [0.4, 0.5) is 5.69 Å². The maximum atomic E-state index is 5.95. The Morgan fingerprint density at radius 2 is 2.11 bits per heavy atom. The zero-order valence-corrected chi connectivity index (χ0v) is 10.5. The number of benzene rings is 1. The molecule has 0 aliphatic rings. The number of aryl methyl sites for hydroxylation is 1. The summed E-state index contributed by atoms with van der Waals surface area (Å²) in [5, 5.41) is 9.66. The Hall–Kier alpha value is -2.08. The number of hydrogen-bond acceptors (Lipinski definition) is 5. The second-order valence-corrected chi connectivity index (χ2v) is 4.89. The van der Waals surface area contributed by atoms with Gasteiger partial charge in [0, 0.05) is 33.7 Å². The number of H-pyrrole nitrogens is 1. The minimum atomic E-state index is 0.697. The highest BCUT2D eigenvalue weighted by Gasteiger charge is 2.08. The summed E-state index contributed by atoms with van der Waals surface area (Å²) in [5.74, 6) is 0.801. The molecule has 6 heteroatoms. The first-order valence-corrected chi connectivity index (χ1v) is 6.25. The molecule has 0 unspecified atom stereocenters. The van der Waals surface area contributed by atoms with Gasteiger partial charge in [0.1, 0.15) is 5.82 Å². The van der Waals surface area contributed by atoms with E-state index in [2.05, 4.69) is 20.2 Å². The molecule has 0 saturated carbocycles. The SMILES string of the molecule is Cc1nc(Sc2ccc(N)c3ccncc23)n[nH]1. The number of fused-ring (bicyclic) bond motifs is 1. The van der Waals surface area contributed by atoms with E-state index in [0.29, 0.717) is 5.16 Å². The number of aromatic nitrogens is 4. The van der Waals surface area contributed by atoms with Gasteiger partial charge in [0.25, 0.3) is 0 Å². The van der Waals surface area contributed by atoms with E-state index in [4.69, 9.17) is 5.73 Å². The lowest BCUT2D eigenvalue weighted by Gasteiger charge is -2.05. The summed E-state index contributed by atoms with van der Waals surface area (Å²) in [6, 6.07) is 5.78. The van der Waals surface area contributed by atoms with Crippen molar-refractivity contribution in [3.05, 3.63) is 36.4 Å². The minimum Gasteiger partial charge on any atom is -0.398 e. The van der Waals surface area contributed by atoms with Crippen LogP contribution >= 0.6 is 11.8 Å². The first-order chi connectivity index (χ1) is 8.74. The molecule has 0 radical (unpaired) electrons. The van der Waals surface area contributed by atoms with Gasteiger partial charge in [-0.2, -0.15) is 0 Å². The van der Waals surface area contributed by atoms with Crippen molar-refractivity contribution in [3.8, 4) is 0 Å². The first-order valence-electron chi connectivity index (χ1n) is 5.43. The number of aromatic amines is 1. The molecule has 2 heterocycles. The van der Waals surface area contributed by atoms with Crippen molar-refractivity contribution in [3.63, 3.8) is 0 Å². The summed E-state index contributed by atoms with van der Waals surface area (Å²) >= 11 is 1.50. The van der Waals surface area contributed by atoms with Crippen LogP contribution in [0.1, 0.15) is 5.82 Å². The summed E-state index contributed by atoms with van der Waals surface area (Å²) < 4.78 is 0. The lowest BCUT2D eigenvalue weighted by molar-refractivity contribution is 0.970. The molecule has 1 aromatic carbocycles. The fourth-order valence-corrected chi connectivity index (χ4v) is 2.62. The van der Waals surface area contributed by atoms with Crippen LogP contribution in [0.2, 0.25) is 0 Å². The van der Waals surface area contributed by atoms with Crippen LogP contribution in [0.5, 0.6) is 0 Å². The van der Waals surface area contributed by atoms with E-state index in [-0.39, 0.29) is 0 Å². The van der Waals surface area contributed by atoms with Gasteiger partial charge < -0.3 is 5.73 Å². The predicted molar refractivity (Wildman–Crippen MR) is 71.4 cm³/mol. The Labute approximate surface area is 108 Å². The highest BCUT2D eigenvalue weighted by atomic mass is 32.2. The third-order valence-corrected chi connectivity index (χ3v) is 3.53. The van der Waals surface area contributed by atoms with Crippen LogP contribution in [0, 0.1) is 6.92 Å². The molecule has 90 valence electrons. The molecule has 3 rings (SSSR count). The molecule has 0 bridgehead atoms. The van der Waals surface area contributed by atoms with Gasteiger partial charge in [-0.25, -0.2) is 4.98 Å². The zero-order chi connectivity index (χ0) is 12.5. The quantitative estimate of drug-likeness (QED) is 0.689. The number of pyridine rings is 1. The standard InChI is InChI=1S/C12H11N5S/c1-7-15-12(17-16-7)18-11-3-2-10(13)8-4-5-14-6-9(8)11/h2-6H,13H2,1H3,(H,15,16,17). The maximum Gasteiger partial charge on any atom is 0.213 e. The fourth-order valence-electron chi connectivity index (χ4n) is 1.74. The van der Waals surface area contributed by atoms with Gasteiger partial charge >= 0.3 is 0 Å². The number of nitrogens with zero attached hydrogens (tertiary/aromatic N) is 3. The minimum absolute atomic E-state index is 0.697. The van der Waals surface area contributed by atoms with Crippen molar-refractivity contribution >= 4 is 28.2 Å². The molecule has 2 aromatic heterocycles. The normalized spacial score (nSPS) is 10.9. The van der Waals surface area contributed by atoms with Gasteiger partial charge in [0.15, 0.2) is 0 Å². The number of nitrogens with one attached hydrogen (secondary N) is 1. The van der Waals surface area contributed by atoms with Crippen molar-refractivity contribution < 1.29 is 0 Å². The van der Waals surface area contributed by atoms with E-state index < -0.39 is 0 Å². The Morgan fingerprint density at radius 1 is 1.22 bits per heavy atom. The van der Waals surface area contributed by atoms with Crippen LogP contribution in [0.3, 0.4) is 0 Å². The Morgan fingerprint density at radius 3 is 2.89 bits per heavy atom. The molecule has 0 spiro atoms. The number of anilines is 1. The largest absolute Gasteiger partial charge is 0.398 e. The summed E-state index contributed by atoms with van der Waals surface area (Å²) in [6.45, 7) is 1.87. The van der Waals surface area contributed by atoms with E-state index in [1.165, 1.54) is 11.8 Å². The summed E-state index contributed by atoms with van der Waals surface area (Å²) in [6.07, 6.45) is 3.55. The maximum absolute atomic E-state index is 5.95. The topological polar surface area (TPSA) is 80.5 Å². The Balaban J connectivity index is 2.09. The molecule has 3 N–H and O–H groups in total. The van der Waals surface area contributed by atoms with Gasteiger partial charge in [0.05, 0.1) is 0 Å². The summed E-state index contributed by atoms with van der Waals surface area (Å²) in [5.41, 5.74) is 6.70. The Bertz CT molecular complexity index is 707. The number of hydrogen-bond donors (Lipinski definition) is 2. The lowest BCUT2D eigenvalue weighted by Crippen LogP contribution is -1.89. The van der Waals surface area contributed by atoms with Crippen LogP contribution < -0.4 is 5.73 Å². The van der Waals surface area contributed by atoms with Gasteiger partial charge in [0.2, 0.25) is 5.16 Å². The molecule has 0 atom stereocenters. The van der Waals surface area contributed by atoms with Crippen molar-refractivity contribution in [1.29, 1.82) is 0 Å². The summed E-state index contributed by atoms with van der Waals surface area (Å²) in [4.78, 5) is 9.47. The van der Waals surface area contributed by atoms with Crippen molar-refractivity contribution in [2.75, 3.05) is 5.73 Å². The second kappa shape index (κ2) is 4.30. The van der Waals surface area contributed by atoms with Gasteiger partial charge in [-0.05, 0) is 36.9 Å². The lowest BCUT2D eigenvalue weighted by atomic mass is 10.1. The summed E-state index contributed by atoms with van der Waals surface area (Å²) in [7, 11) is 0. The average molecular weight is 257 g/mol. The van der Waals surface area contributed by atoms with Crippen molar-refractivity contribution in [2.45, 2.75) is 17.0 Å². The molecule has 0 aliphatic carbocycles. The van der Waals surface area contributed by atoms with Gasteiger partial charge in [-0.15, -0.1) is 5.10 Å². The van der Waals surface area contributed by atoms with E-state index >= 15 is 0 Å². The van der Waals surface area contributed by atoms with Gasteiger partial charge in [-0.3, -0.25) is 10.1 Å². The fraction of sp³-hybridized carbons (Fsp3) is 0.0833. The average Bonchev–Trinajstić information content (AvgIpc) is 2.79. The molecule has 5 nitrogen and oxygen atoms in total.